The van der Waals surface area contributed by atoms with Crippen molar-refractivity contribution in [3.05, 3.63) is 69.9 Å². The van der Waals surface area contributed by atoms with Crippen molar-refractivity contribution in [2.75, 3.05) is 0 Å². The zero-order valence-electron chi connectivity index (χ0n) is 11.8. The highest BCUT2D eigenvalue weighted by atomic mass is 35.5. The molecule has 108 valence electrons. The molecule has 0 spiro atoms. The molecule has 0 aliphatic heterocycles. The molecular formula is C17H12ClN3O. The highest BCUT2D eigenvalue weighted by Crippen LogP contribution is 2.27. The average Bonchev–Trinajstić information content (AvgIpc) is 2.90. The van der Waals surface area contributed by atoms with E-state index in [9.17, 15) is 4.79 Å². The molecule has 3 heterocycles. The Morgan fingerprint density at radius 3 is 2.82 bits per heavy atom. The smallest absolute Gasteiger partial charge is 0.279 e. The molecule has 0 fully saturated rings. The second-order valence-electron chi connectivity index (χ2n) is 5.25. The molecule has 5 heteroatoms. The Bertz CT molecular complexity index is 1060. The molecule has 0 radical (unpaired) electrons. The summed E-state index contributed by atoms with van der Waals surface area (Å²) in [5.74, 6) is 0. The highest BCUT2D eigenvalue weighted by Gasteiger charge is 2.14. The van der Waals surface area contributed by atoms with Gasteiger partial charge in [-0.1, -0.05) is 17.7 Å². The van der Waals surface area contributed by atoms with Gasteiger partial charge in [0.15, 0.2) is 0 Å². The third-order valence-electron chi connectivity index (χ3n) is 3.76. The summed E-state index contributed by atoms with van der Waals surface area (Å²) in [4.78, 5) is 20.2. The van der Waals surface area contributed by atoms with Crippen LogP contribution < -0.4 is 5.56 Å². The van der Waals surface area contributed by atoms with Gasteiger partial charge in [0, 0.05) is 27.7 Å². The maximum Gasteiger partial charge on any atom is 0.279 e. The van der Waals surface area contributed by atoms with Crippen molar-refractivity contribution in [2.24, 2.45) is 0 Å². The number of rotatable bonds is 1. The van der Waals surface area contributed by atoms with Gasteiger partial charge in [0.1, 0.15) is 5.52 Å². The van der Waals surface area contributed by atoms with E-state index in [0.29, 0.717) is 16.2 Å². The number of aromatic amines is 1. The fourth-order valence-electron chi connectivity index (χ4n) is 2.85. The summed E-state index contributed by atoms with van der Waals surface area (Å²) in [6.07, 6.45) is 3.35. The number of H-pyrrole nitrogens is 1. The lowest BCUT2D eigenvalue weighted by atomic mass is 10.1. The Balaban J connectivity index is 2.28. The number of aromatic nitrogens is 3. The Morgan fingerprint density at radius 2 is 2.05 bits per heavy atom. The highest BCUT2D eigenvalue weighted by molar-refractivity contribution is 6.31. The SMILES string of the molecule is Cc1cc2c([nH]1)c(=O)n(-c1cccnc1)c1cc(Cl)ccc21. The van der Waals surface area contributed by atoms with Gasteiger partial charge in [0.25, 0.3) is 5.56 Å². The predicted octanol–water partition coefficient (Wildman–Crippen LogP) is 3.83. The summed E-state index contributed by atoms with van der Waals surface area (Å²) in [5.41, 5.74) is 2.93. The van der Waals surface area contributed by atoms with E-state index in [1.54, 1.807) is 17.0 Å². The van der Waals surface area contributed by atoms with Crippen LogP contribution in [0.15, 0.2) is 53.6 Å². The lowest BCUT2D eigenvalue weighted by molar-refractivity contribution is 1.04. The van der Waals surface area contributed by atoms with Crippen LogP contribution in [0.3, 0.4) is 0 Å². The molecule has 4 nitrogen and oxygen atoms in total. The molecule has 0 aliphatic carbocycles. The molecule has 0 saturated carbocycles. The first-order chi connectivity index (χ1) is 10.6. The van der Waals surface area contributed by atoms with E-state index >= 15 is 0 Å². The van der Waals surface area contributed by atoms with Crippen molar-refractivity contribution in [1.82, 2.24) is 14.5 Å². The van der Waals surface area contributed by atoms with Crippen molar-refractivity contribution in [3.63, 3.8) is 0 Å². The van der Waals surface area contributed by atoms with Crippen molar-refractivity contribution >= 4 is 33.4 Å². The van der Waals surface area contributed by atoms with E-state index in [0.717, 1.165) is 22.0 Å². The van der Waals surface area contributed by atoms with Gasteiger partial charge in [0.2, 0.25) is 0 Å². The van der Waals surface area contributed by atoms with Crippen LogP contribution >= 0.6 is 11.6 Å². The predicted molar refractivity (Wildman–Crippen MR) is 88.9 cm³/mol. The molecule has 0 atom stereocenters. The van der Waals surface area contributed by atoms with Crippen LogP contribution in [0.4, 0.5) is 0 Å². The molecule has 0 bridgehead atoms. The Hall–Kier alpha value is -2.59. The van der Waals surface area contributed by atoms with Crippen LogP contribution in [0.2, 0.25) is 5.02 Å². The van der Waals surface area contributed by atoms with Crippen LogP contribution in [0.25, 0.3) is 27.5 Å². The van der Waals surface area contributed by atoms with Gasteiger partial charge < -0.3 is 4.98 Å². The molecule has 0 unspecified atom stereocenters. The van der Waals surface area contributed by atoms with Gasteiger partial charge in [-0.05, 0) is 37.3 Å². The number of benzene rings is 1. The van der Waals surface area contributed by atoms with Gasteiger partial charge in [-0.15, -0.1) is 0 Å². The molecule has 1 aromatic carbocycles. The summed E-state index contributed by atoms with van der Waals surface area (Å²) in [6.45, 7) is 1.94. The van der Waals surface area contributed by atoms with Crippen LogP contribution in [-0.2, 0) is 0 Å². The van der Waals surface area contributed by atoms with E-state index in [4.69, 9.17) is 11.6 Å². The van der Waals surface area contributed by atoms with E-state index < -0.39 is 0 Å². The summed E-state index contributed by atoms with van der Waals surface area (Å²) in [5, 5.41) is 2.48. The van der Waals surface area contributed by atoms with Gasteiger partial charge in [-0.3, -0.25) is 14.3 Å². The number of fused-ring (bicyclic) bond motifs is 3. The molecule has 4 aromatic rings. The lowest BCUT2D eigenvalue weighted by Gasteiger charge is -2.11. The number of nitrogens with one attached hydrogen (secondary N) is 1. The molecule has 3 aromatic heterocycles. The quantitative estimate of drug-likeness (QED) is 0.581. The van der Waals surface area contributed by atoms with E-state index in [2.05, 4.69) is 9.97 Å². The molecule has 0 amide bonds. The number of nitrogens with zero attached hydrogens (tertiary/aromatic N) is 2. The van der Waals surface area contributed by atoms with Crippen LogP contribution in [0, 0.1) is 6.92 Å². The third-order valence-corrected chi connectivity index (χ3v) is 4.00. The van der Waals surface area contributed by atoms with Gasteiger partial charge in [-0.2, -0.15) is 0 Å². The summed E-state index contributed by atoms with van der Waals surface area (Å²) >= 11 is 6.15. The van der Waals surface area contributed by atoms with Gasteiger partial charge in [0.05, 0.1) is 17.4 Å². The molecular weight excluding hydrogens is 298 g/mol. The van der Waals surface area contributed by atoms with Crippen molar-refractivity contribution < 1.29 is 0 Å². The standard InChI is InChI=1S/C17H12ClN3O/c1-10-7-14-13-5-4-11(18)8-15(13)21(17(22)16(14)20-10)12-3-2-6-19-9-12/h2-9,20H,1H3. The first-order valence-electron chi connectivity index (χ1n) is 6.89. The van der Waals surface area contributed by atoms with E-state index in [1.807, 2.05) is 43.3 Å². The lowest BCUT2D eigenvalue weighted by Crippen LogP contribution is -2.19. The molecule has 0 aliphatic rings. The second-order valence-corrected chi connectivity index (χ2v) is 5.69. The second kappa shape index (κ2) is 4.71. The number of hydrogen-bond donors (Lipinski definition) is 1. The minimum atomic E-state index is -0.106. The van der Waals surface area contributed by atoms with Crippen molar-refractivity contribution in [1.29, 1.82) is 0 Å². The van der Waals surface area contributed by atoms with Crippen molar-refractivity contribution in [2.45, 2.75) is 6.92 Å². The van der Waals surface area contributed by atoms with Crippen LogP contribution in [-0.4, -0.2) is 14.5 Å². The fourth-order valence-corrected chi connectivity index (χ4v) is 3.02. The molecule has 0 saturated heterocycles. The molecule has 4 rings (SSSR count). The topological polar surface area (TPSA) is 50.7 Å². The number of halogens is 1. The Labute approximate surface area is 131 Å². The summed E-state index contributed by atoms with van der Waals surface area (Å²) < 4.78 is 1.65. The fraction of sp³-hybridized carbons (Fsp3) is 0.0588. The number of aryl methyl sites for hydroxylation is 1. The first kappa shape index (κ1) is 13.1. The first-order valence-corrected chi connectivity index (χ1v) is 7.27. The molecule has 1 N–H and O–H groups in total. The maximum absolute atomic E-state index is 12.9. The van der Waals surface area contributed by atoms with Gasteiger partial charge in [-0.25, -0.2) is 0 Å². The minimum absolute atomic E-state index is 0.106. The monoisotopic (exact) mass is 309 g/mol. The van der Waals surface area contributed by atoms with Crippen LogP contribution in [0.1, 0.15) is 5.69 Å². The van der Waals surface area contributed by atoms with Gasteiger partial charge >= 0.3 is 0 Å². The Kier molecular flexibility index (Phi) is 2.81. The Morgan fingerprint density at radius 1 is 1.18 bits per heavy atom. The molecule has 22 heavy (non-hydrogen) atoms. The van der Waals surface area contributed by atoms with E-state index in [-0.39, 0.29) is 5.56 Å². The largest absolute Gasteiger partial charge is 0.354 e. The third kappa shape index (κ3) is 1.84. The average molecular weight is 310 g/mol. The normalized spacial score (nSPS) is 11.4. The van der Waals surface area contributed by atoms with E-state index in [1.165, 1.54) is 0 Å². The maximum atomic E-state index is 12.9. The zero-order chi connectivity index (χ0) is 15.3. The summed E-state index contributed by atoms with van der Waals surface area (Å²) in [7, 11) is 0. The number of hydrogen-bond acceptors (Lipinski definition) is 2. The summed E-state index contributed by atoms with van der Waals surface area (Å²) in [6, 6.07) is 11.2. The minimum Gasteiger partial charge on any atom is -0.354 e. The van der Waals surface area contributed by atoms with Crippen molar-refractivity contribution in [3.8, 4) is 5.69 Å². The van der Waals surface area contributed by atoms with Crippen LogP contribution in [0.5, 0.6) is 0 Å². The number of pyridine rings is 2. The zero-order valence-corrected chi connectivity index (χ0v) is 12.6.